The number of hydrogen-bond donors (Lipinski definition) is 0. The Bertz CT molecular complexity index is 495. The summed E-state index contributed by atoms with van der Waals surface area (Å²) in [6.45, 7) is 0. The summed E-state index contributed by atoms with van der Waals surface area (Å²) in [4.78, 5) is 11.2. The first-order valence-corrected chi connectivity index (χ1v) is 6.07. The van der Waals surface area contributed by atoms with Crippen LogP contribution in [0.5, 0.6) is 0 Å². The van der Waals surface area contributed by atoms with Crippen LogP contribution in [0.2, 0.25) is 0 Å². The molecule has 1 aromatic carbocycles. The van der Waals surface area contributed by atoms with E-state index in [2.05, 4.69) is 22.6 Å². The molecule has 0 saturated heterocycles. The maximum atomic E-state index is 10.6. The van der Waals surface area contributed by atoms with Gasteiger partial charge in [-0.3, -0.25) is 10.1 Å². The lowest BCUT2D eigenvalue weighted by Crippen LogP contribution is -1.80. The summed E-state index contributed by atoms with van der Waals surface area (Å²) >= 11 is 3.34. The molecule has 0 saturated carbocycles. The molecule has 0 aliphatic carbocycles. The number of thiophene rings is 1. The third-order valence-electron chi connectivity index (χ3n) is 1.89. The van der Waals surface area contributed by atoms with Gasteiger partial charge in [0, 0.05) is 9.64 Å². The van der Waals surface area contributed by atoms with E-state index in [4.69, 9.17) is 0 Å². The van der Waals surface area contributed by atoms with Crippen LogP contribution in [-0.4, -0.2) is 4.92 Å². The lowest BCUT2D eigenvalue weighted by atomic mass is 10.2. The zero-order chi connectivity index (χ0) is 10.8. The van der Waals surface area contributed by atoms with E-state index in [1.165, 1.54) is 11.3 Å². The second-order valence-electron chi connectivity index (χ2n) is 2.88. The molecule has 0 radical (unpaired) electrons. The highest BCUT2D eigenvalue weighted by atomic mass is 127. The Labute approximate surface area is 104 Å². The minimum atomic E-state index is -0.348. The van der Waals surface area contributed by atoms with E-state index in [0.29, 0.717) is 0 Å². The maximum Gasteiger partial charge on any atom is 0.325 e. The quantitative estimate of drug-likeness (QED) is 0.475. The topological polar surface area (TPSA) is 43.1 Å². The van der Waals surface area contributed by atoms with Gasteiger partial charge in [0.25, 0.3) is 0 Å². The van der Waals surface area contributed by atoms with Crippen LogP contribution in [0.25, 0.3) is 10.4 Å². The second-order valence-corrected chi connectivity index (χ2v) is 5.08. The number of rotatable bonds is 2. The number of nitro groups is 1. The summed E-state index contributed by atoms with van der Waals surface area (Å²) in [5.41, 5.74) is 1.03. The molecule has 76 valence electrons. The molecule has 0 aliphatic rings. The highest BCUT2D eigenvalue weighted by Gasteiger charge is 2.15. The van der Waals surface area contributed by atoms with Crippen LogP contribution in [-0.2, 0) is 0 Å². The fourth-order valence-electron chi connectivity index (χ4n) is 1.23. The van der Waals surface area contributed by atoms with Crippen LogP contribution >= 0.6 is 33.9 Å². The first kappa shape index (κ1) is 10.6. The van der Waals surface area contributed by atoms with Crippen LogP contribution < -0.4 is 0 Å². The van der Waals surface area contributed by atoms with Gasteiger partial charge < -0.3 is 0 Å². The van der Waals surface area contributed by atoms with Crippen molar-refractivity contribution in [2.24, 2.45) is 0 Å². The predicted molar refractivity (Wildman–Crippen MR) is 69.1 cm³/mol. The first-order valence-electron chi connectivity index (χ1n) is 4.17. The fourth-order valence-corrected chi connectivity index (χ4v) is 3.25. The summed E-state index contributed by atoms with van der Waals surface area (Å²) in [5, 5.41) is 10.8. The van der Waals surface area contributed by atoms with Gasteiger partial charge in [-0.05, 0) is 28.2 Å². The number of hydrogen-bond acceptors (Lipinski definition) is 3. The van der Waals surface area contributed by atoms with Crippen molar-refractivity contribution in [2.75, 3.05) is 0 Å². The zero-order valence-electron chi connectivity index (χ0n) is 7.51. The standard InChI is InChI=1S/C10H6INO2S/c11-8-6-9(12(13)14)15-10(8)7-4-2-1-3-5-7/h1-6H. The van der Waals surface area contributed by atoms with E-state index in [1.807, 2.05) is 30.3 Å². The third kappa shape index (κ3) is 2.18. The normalized spacial score (nSPS) is 10.2. The molecular formula is C10H6INO2S. The van der Waals surface area contributed by atoms with Crippen LogP contribution in [0.3, 0.4) is 0 Å². The van der Waals surface area contributed by atoms with Gasteiger partial charge in [0.2, 0.25) is 0 Å². The molecule has 15 heavy (non-hydrogen) atoms. The summed E-state index contributed by atoms with van der Waals surface area (Å²) in [5.74, 6) is 0. The SMILES string of the molecule is O=[N+]([O-])c1cc(I)c(-c2ccccc2)s1. The smallest absolute Gasteiger partial charge is 0.258 e. The lowest BCUT2D eigenvalue weighted by molar-refractivity contribution is -0.380. The Morgan fingerprint density at radius 3 is 2.47 bits per heavy atom. The third-order valence-corrected chi connectivity index (χ3v) is 4.24. The lowest BCUT2D eigenvalue weighted by Gasteiger charge is -1.95. The van der Waals surface area contributed by atoms with Gasteiger partial charge in [-0.15, -0.1) is 0 Å². The molecule has 0 bridgehead atoms. The van der Waals surface area contributed by atoms with E-state index >= 15 is 0 Å². The molecular weight excluding hydrogens is 325 g/mol. The van der Waals surface area contributed by atoms with Crippen LogP contribution in [0.1, 0.15) is 0 Å². The van der Waals surface area contributed by atoms with Gasteiger partial charge >= 0.3 is 5.00 Å². The first-order chi connectivity index (χ1) is 7.18. The van der Waals surface area contributed by atoms with Crippen LogP contribution in [0.4, 0.5) is 5.00 Å². The average molecular weight is 331 g/mol. The molecule has 2 aromatic rings. The minimum absolute atomic E-state index is 0.193. The molecule has 2 rings (SSSR count). The molecule has 0 amide bonds. The fraction of sp³-hybridized carbons (Fsp3) is 0. The van der Waals surface area contributed by atoms with Crippen molar-refractivity contribution in [1.29, 1.82) is 0 Å². The summed E-state index contributed by atoms with van der Waals surface area (Å²) in [6, 6.07) is 11.3. The Hall–Kier alpha value is -0.950. The predicted octanol–water partition coefficient (Wildman–Crippen LogP) is 3.93. The second kappa shape index (κ2) is 4.28. The van der Waals surface area contributed by atoms with Gasteiger partial charge in [-0.2, -0.15) is 0 Å². The van der Waals surface area contributed by atoms with Crippen molar-refractivity contribution in [1.82, 2.24) is 0 Å². The summed E-state index contributed by atoms with van der Waals surface area (Å²) in [6.07, 6.45) is 0. The molecule has 0 unspecified atom stereocenters. The van der Waals surface area contributed by atoms with Crippen molar-refractivity contribution in [3.63, 3.8) is 0 Å². The highest BCUT2D eigenvalue weighted by Crippen LogP contribution is 2.37. The van der Waals surface area contributed by atoms with Crippen molar-refractivity contribution < 1.29 is 4.92 Å². The molecule has 1 heterocycles. The number of nitrogens with zero attached hydrogens (tertiary/aromatic N) is 1. The van der Waals surface area contributed by atoms with Gasteiger partial charge in [0.05, 0.1) is 9.80 Å². The van der Waals surface area contributed by atoms with Gasteiger partial charge in [-0.25, -0.2) is 0 Å². The van der Waals surface area contributed by atoms with Crippen molar-refractivity contribution in [3.8, 4) is 10.4 Å². The molecule has 5 heteroatoms. The molecule has 0 spiro atoms. The number of benzene rings is 1. The highest BCUT2D eigenvalue weighted by molar-refractivity contribution is 14.1. The number of halogens is 1. The minimum Gasteiger partial charge on any atom is -0.258 e. The molecule has 0 atom stereocenters. The summed E-state index contributed by atoms with van der Waals surface area (Å²) in [7, 11) is 0. The summed E-state index contributed by atoms with van der Waals surface area (Å²) < 4.78 is 0.926. The van der Waals surface area contributed by atoms with Crippen molar-refractivity contribution in [2.45, 2.75) is 0 Å². The van der Waals surface area contributed by atoms with Crippen molar-refractivity contribution in [3.05, 3.63) is 50.1 Å². The van der Waals surface area contributed by atoms with E-state index in [9.17, 15) is 10.1 Å². The van der Waals surface area contributed by atoms with Crippen LogP contribution in [0.15, 0.2) is 36.4 Å². The maximum absolute atomic E-state index is 10.6. The molecule has 0 N–H and O–H groups in total. The van der Waals surface area contributed by atoms with Gasteiger partial charge in [0.15, 0.2) is 0 Å². The Kier molecular flexibility index (Phi) is 3.01. The van der Waals surface area contributed by atoms with E-state index in [1.54, 1.807) is 6.07 Å². The zero-order valence-corrected chi connectivity index (χ0v) is 10.5. The van der Waals surface area contributed by atoms with Crippen molar-refractivity contribution >= 4 is 38.9 Å². The molecule has 0 aliphatic heterocycles. The largest absolute Gasteiger partial charge is 0.325 e. The van der Waals surface area contributed by atoms with Gasteiger partial charge in [-0.1, -0.05) is 41.7 Å². The Balaban J connectivity index is 2.50. The molecule has 1 aromatic heterocycles. The Morgan fingerprint density at radius 1 is 1.27 bits per heavy atom. The molecule has 0 fully saturated rings. The van der Waals surface area contributed by atoms with E-state index in [0.717, 1.165) is 14.0 Å². The van der Waals surface area contributed by atoms with E-state index < -0.39 is 0 Å². The van der Waals surface area contributed by atoms with E-state index in [-0.39, 0.29) is 9.92 Å². The van der Waals surface area contributed by atoms with Gasteiger partial charge in [0.1, 0.15) is 0 Å². The molecule has 3 nitrogen and oxygen atoms in total. The average Bonchev–Trinajstić information content (AvgIpc) is 2.62. The Morgan fingerprint density at radius 2 is 1.93 bits per heavy atom. The van der Waals surface area contributed by atoms with Crippen LogP contribution in [0, 0.1) is 13.7 Å². The monoisotopic (exact) mass is 331 g/mol.